The van der Waals surface area contributed by atoms with Gasteiger partial charge in [-0.15, -0.1) is 0 Å². The van der Waals surface area contributed by atoms with Gasteiger partial charge in [0.25, 0.3) is 0 Å². The Morgan fingerprint density at radius 2 is 1.92 bits per heavy atom. The van der Waals surface area contributed by atoms with Gasteiger partial charge in [-0.1, -0.05) is 6.07 Å². The normalized spacial score (nSPS) is 25.8. The van der Waals surface area contributed by atoms with Gasteiger partial charge in [0.1, 0.15) is 13.2 Å². The summed E-state index contributed by atoms with van der Waals surface area (Å²) in [4.78, 5) is 18.8. The maximum absolute atomic E-state index is 12.1. The molecule has 1 aromatic rings. The van der Waals surface area contributed by atoms with E-state index in [4.69, 9.17) is 9.47 Å². The molecule has 26 heavy (non-hydrogen) atoms. The van der Waals surface area contributed by atoms with E-state index in [-0.39, 0.29) is 5.91 Å². The number of carbonyl (C=O) groups is 1. The van der Waals surface area contributed by atoms with Gasteiger partial charge in [-0.3, -0.25) is 14.6 Å². The molecule has 5 rings (SSSR count). The largest absolute Gasteiger partial charge is 0.486 e. The molecule has 0 N–H and O–H groups in total. The van der Waals surface area contributed by atoms with Crippen molar-refractivity contribution in [2.24, 2.45) is 5.92 Å². The highest BCUT2D eigenvalue weighted by atomic mass is 16.6. The number of benzene rings is 1. The number of hydrogen-bond donors (Lipinski definition) is 0. The summed E-state index contributed by atoms with van der Waals surface area (Å²) in [6.07, 6.45) is 2.50. The summed E-state index contributed by atoms with van der Waals surface area (Å²) in [5.41, 5.74) is 1.28. The number of rotatable bonds is 4. The molecular formula is C20H29N3O3. The van der Waals surface area contributed by atoms with Crippen molar-refractivity contribution in [1.29, 1.82) is 0 Å². The van der Waals surface area contributed by atoms with Crippen molar-refractivity contribution in [3.8, 4) is 11.5 Å². The minimum absolute atomic E-state index is 0.199. The minimum atomic E-state index is 0.199. The zero-order valence-electron chi connectivity index (χ0n) is 15.8. The number of hydrogen-bond acceptors (Lipinski definition) is 5. The number of fused-ring (bicyclic) bond motifs is 5. The van der Waals surface area contributed by atoms with Crippen molar-refractivity contribution >= 4 is 5.91 Å². The van der Waals surface area contributed by atoms with Crippen molar-refractivity contribution in [3.05, 3.63) is 23.8 Å². The van der Waals surface area contributed by atoms with Crippen LogP contribution in [-0.2, 0) is 11.3 Å². The van der Waals surface area contributed by atoms with E-state index < -0.39 is 0 Å². The van der Waals surface area contributed by atoms with Crippen molar-refractivity contribution in [1.82, 2.24) is 14.7 Å². The average Bonchev–Trinajstić information content (AvgIpc) is 2.92. The Balaban J connectivity index is 1.43. The highest BCUT2D eigenvalue weighted by Gasteiger charge is 2.35. The summed E-state index contributed by atoms with van der Waals surface area (Å²) in [5.74, 6) is 2.57. The monoisotopic (exact) mass is 359 g/mol. The fourth-order valence-electron chi connectivity index (χ4n) is 4.35. The van der Waals surface area contributed by atoms with Crippen LogP contribution in [0.3, 0.4) is 0 Å². The zero-order chi connectivity index (χ0) is 18.1. The van der Waals surface area contributed by atoms with Gasteiger partial charge in [-0.05, 0) is 36.5 Å². The zero-order valence-corrected chi connectivity index (χ0v) is 15.8. The lowest BCUT2D eigenvalue weighted by molar-refractivity contribution is -0.130. The first kappa shape index (κ1) is 17.6. The number of nitrogens with zero attached hydrogens (tertiary/aromatic N) is 3. The molecule has 0 unspecified atom stereocenters. The molecule has 0 aliphatic carbocycles. The molecule has 0 spiro atoms. The minimum Gasteiger partial charge on any atom is -0.486 e. The molecule has 4 heterocycles. The van der Waals surface area contributed by atoms with Gasteiger partial charge in [0, 0.05) is 46.3 Å². The maximum Gasteiger partial charge on any atom is 0.236 e. The smallest absolute Gasteiger partial charge is 0.236 e. The molecule has 142 valence electrons. The fraction of sp³-hybridized carbons (Fsp3) is 0.650. The molecule has 0 saturated carbocycles. The molecule has 4 aliphatic heterocycles. The number of piperidine rings is 1. The molecule has 4 aliphatic rings. The third-order valence-corrected chi connectivity index (χ3v) is 5.75. The van der Waals surface area contributed by atoms with Crippen LogP contribution < -0.4 is 9.47 Å². The number of carbonyl (C=O) groups excluding carboxylic acids is 1. The van der Waals surface area contributed by atoms with E-state index in [0.29, 0.717) is 31.7 Å². The first-order valence-corrected chi connectivity index (χ1v) is 9.63. The lowest BCUT2D eigenvalue weighted by Gasteiger charge is -2.36. The van der Waals surface area contributed by atoms with Gasteiger partial charge in [0.2, 0.25) is 5.91 Å². The molecule has 3 saturated heterocycles. The van der Waals surface area contributed by atoms with E-state index in [1.807, 2.05) is 20.2 Å². The van der Waals surface area contributed by atoms with Crippen LogP contribution in [0.5, 0.6) is 11.5 Å². The van der Waals surface area contributed by atoms with Gasteiger partial charge < -0.3 is 14.4 Å². The topological polar surface area (TPSA) is 45.3 Å². The van der Waals surface area contributed by atoms with Crippen LogP contribution in [0.2, 0.25) is 0 Å². The number of amides is 1. The van der Waals surface area contributed by atoms with Crippen molar-refractivity contribution < 1.29 is 14.3 Å². The molecule has 6 heteroatoms. The van der Waals surface area contributed by atoms with E-state index in [9.17, 15) is 4.79 Å². The Labute approximate surface area is 155 Å². The third-order valence-electron chi connectivity index (χ3n) is 5.75. The standard InChI is InChI=1S/C20H29N3O3/c1-21(2)20(24)14-22-10-16-3-5-17(13-22)23(12-16)11-15-4-6-18-19(9-15)26-8-7-25-18/h4,6,9,16-17H,3,5,7-8,10-14H2,1-2H3/t16-,17+/m0/s1. The summed E-state index contributed by atoms with van der Waals surface area (Å²) >= 11 is 0. The molecule has 2 atom stereocenters. The SMILES string of the molecule is CN(C)C(=O)CN1C[C@@H]2CC[C@H](C1)N(Cc1ccc3c(c1)OCCO3)C2. The predicted octanol–water partition coefficient (Wildman–Crippen LogP) is 1.44. The van der Waals surface area contributed by atoms with Gasteiger partial charge in [0.15, 0.2) is 11.5 Å². The second-order valence-corrected chi connectivity index (χ2v) is 7.99. The van der Waals surface area contributed by atoms with E-state index in [1.54, 1.807) is 4.90 Å². The summed E-state index contributed by atoms with van der Waals surface area (Å²) < 4.78 is 11.4. The van der Waals surface area contributed by atoms with Gasteiger partial charge in [-0.2, -0.15) is 0 Å². The van der Waals surface area contributed by atoms with E-state index in [2.05, 4.69) is 21.9 Å². The van der Waals surface area contributed by atoms with Crippen molar-refractivity contribution in [2.45, 2.75) is 25.4 Å². The summed E-state index contributed by atoms with van der Waals surface area (Å²) in [6.45, 7) is 5.87. The van der Waals surface area contributed by atoms with E-state index in [0.717, 1.165) is 37.7 Å². The Hall–Kier alpha value is -1.79. The number of likely N-dealkylation sites (N-methyl/N-ethyl adjacent to an activating group) is 1. The Morgan fingerprint density at radius 1 is 1.12 bits per heavy atom. The molecule has 0 aromatic heterocycles. The van der Waals surface area contributed by atoms with Gasteiger partial charge in [-0.25, -0.2) is 0 Å². The van der Waals surface area contributed by atoms with Gasteiger partial charge in [0.05, 0.1) is 6.54 Å². The van der Waals surface area contributed by atoms with E-state index in [1.165, 1.54) is 18.4 Å². The van der Waals surface area contributed by atoms with Gasteiger partial charge >= 0.3 is 0 Å². The molecule has 0 radical (unpaired) electrons. The summed E-state index contributed by atoms with van der Waals surface area (Å²) in [7, 11) is 3.67. The molecule has 1 amide bonds. The maximum atomic E-state index is 12.1. The highest BCUT2D eigenvalue weighted by molar-refractivity contribution is 5.77. The Kier molecular flexibility index (Phi) is 5.05. The summed E-state index contributed by atoms with van der Waals surface area (Å²) in [5, 5.41) is 0. The molecule has 6 nitrogen and oxygen atoms in total. The first-order valence-electron chi connectivity index (χ1n) is 9.63. The van der Waals surface area contributed by atoms with Crippen molar-refractivity contribution in [2.75, 3.05) is 53.5 Å². The molecular weight excluding hydrogens is 330 g/mol. The average molecular weight is 359 g/mol. The van der Waals surface area contributed by atoms with Crippen LogP contribution in [-0.4, -0.2) is 80.1 Å². The lowest BCUT2D eigenvalue weighted by atomic mass is 9.94. The van der Waals surface area contributed by atoms with Crippen LogP contribution in [0.15, 0.2) is 18.2 Å². The Bertz CT molecular complexity index is 664. The second-order valence-electron chi connectivity index (χ2n) is 7.99. The quantitative estimate of drug-likeness (QED) is 0.814. The first-order chi connectivity index (χ1) is 12.6. The molecule has 1 aromatic carbocycles. The summed E-state index contributed by atoms with van der Waals surface area (Å²) in [6, 6.07) is 6.83. The Morgan fingerprint density at radius 3 is 2.73 bits per heavy atom. The fourth-order valence-corrected chi connectivity index (χ4v) is 4.35. The van der Waals surface area contributed by atoms with Crippen LogP contribution in [0, 0.1) is 5.92 Å². The second kappa shape index (κ2) is 7.45. The highest BCUT2D eigenvalue weighted by Crippen LogP contribution is 2.33. The number of ether oxygens (including phenoxy) is 2. The van der Waals surface area contributed by atoms with E-state index >= 15 is 0 Å². The predicted molar refractivity (Wildman–Crippen MR) is 99.5 cm³/mol. The van der Waals surface area contributed by atoms with Crippen LogP contribution in [0.1, 0.15) is 18.4 Å². The van der Waals surface area contributed by atoms with Crippen LogP contribution >= 0.6 is 0 Å². The van der Waals surface area contributed by atoms with Crippen LogP contribution in [0.25, 0.3) is 0 Å². The van der Waals surface area contributed by atoms with Crippen LogP contribution in [0.4, 0.5) is 0 Å². The molecule has 3 fully saturated rings. The molecule has 2 bridgehead atoms. The third kappa shape index (κ3) is 3.81. The lowest BCUT2D eigenvalue weighted by Crippen LogP contribution is -2.44. The van der Waals surface area contributed by atoms with Crippen molar-refractivity contribution in [3.63, 3.8) is 0 Å².